The summed E-state index contributed by atoms with van der Waals surface area (Å²) in [7, 11) is 0. The predicted octanol–water partition coefficient (Wildman–Crippen LogP) is 0.0704. The number of halogens is 1. The second kappa shape index (κ2) is 1.71. The first-order valence-electron chi connectivity index (χ1n) is 3.66. The zero-order valence-corrected chi connectivity index (χ0v) is 5.86. The minimum Gasteiger partial charge on any atom is -0.394 e. The van der Waals surface area contributed by atoms with Crippen LogP contribution in [0.3, 0.4) is 0 Å². The third-order valence-corrected chi connectivity index (χ3v) is 2.85. The zero-order valence-electron chi connectivity index (χ0n) is 5.86. The first-order chi connectivity index (χ1) is 4.74. The van der Waals surface area contributed by atoms with Gasteiger partial charge in [0.05, 0.1) is 13.3 Å². The van der Waals surface area contributed by atoms with E-state index in [1.54, 1.807) is 0 Å². The third-order valence-electron chi connectivity index (χ3n) is 2.85. The average molecular weight is 145 g/mol. The molecule has 2 heterocycles. The molecule has 10 heavy (non-hydrogen) atoms. The van der Waals surface area contributed by atoms with Gasteiger partial charge in [0.1, 0.15) is 0 Å². The van der Waals surface area contributed by atoms with E-state index in [0.717, 1.165) is 19.4 Å². The molecule has 0 aromatic rings. The maximum atomic E-state index is 12.3. The fraction of sp³-hybridized carbons (Fsp3) is 1.00. The molecule has 3 rings (SSSR count). The molecule has 2 bridgehead atoms. The number of rotatable bonds is 2. The minimum absolute atomic E-state index is 0.0912. The molecule has 58 valence electrons. The van der Waals surface area contributed by atoms with Gasteiger partial charge in [0.15, 0.2) is 0 Å². The van der Waals surface area contributed by atoms with Gasteiger partial charge in [-0.25, -0.2) is 0 Å². The standard InChI is InChI=1S/C7H12FNO/c8-3-6-1-7(2-6,5-10)9-4-6/h9-10H,1-5H2. The largest absolute Gasteiger partial charge is 0.394 e. The zero-order chi connectivity index (χ0) is 7.24. The molecular weight excluding hydrogens is 133 g/mol. The van der Waals surface area contributed by atoms with Crippen LogP contribution in [0, 0.1) is 5.41 Å². The number of aliphatic hydroxyl groups excluding tert-OH is 1. The highest BCUT2D eigenvalue weighted by Gasteiger charge is 2.60. The average Bonchev–Trinajstić information content (AvgIpc) is 2.40. The van der Waals surface area contributed by atoms with Gasteiger partial charge in [-0.3, -0.25) is 4.39 Å². The fourth-order valence-corrected chi connectivity index (χ4v) is 2.32. The van der Waals surface area contributed by atoms with E-state index < -0.39 is 0 Å². The maximum Gasteiger partial charge on any atom is 0.0964 e. The molecule has 1 saturated carbocycles. The van der Waals surface area contributed by atoms with Crippen LogP contribution in [0.25, 0.3) is 0 Å². The van der Waals surface area contributed by atoms with Crippen molar-refractivity contribution in [3.63, 3.8) is 0 Å². The summed E-state index contributed by atoms with van der Waals surface area (Å²) in [6, 6.07) is 0. The van der Waals surface area contributed by atoms with Gasteiger partial charge >= 0.3 is 0 Å². The van der Waals surface area contributed by atoms with Gasteiger partial charge in [-0.05, 0) is 12.8 Å². The van der Waals surface area contributed by atoms with Gasteiger partial charge in [0.2, 0.25) is 0 Å². The third kappa shape index (κ3) is 0.596. The van der Waals surface area contributed by atoms with Crippen LogP contribution in [-0.2, 0) is 0 Å². The molecule has 0 amide bonds. The lowest BCUT2D eigenvalue weighted by molar-refractivity contribution is 0.0378. The summed E-state index contributed by atoms with van der Waals surface area (Å²) >= 11 is 0. The van der Waals surface area contributed by atoms with Gasteiger partial charge in [-0.2, -0.15) is 0 Å². The van der Waals surface area contributed by atoms with Crippen molar-refractivity contribution in [2.75, 3.05) is 19.8 Å². The van der Waals surface area contributed by atoms with Crippen LogP contribution >= 0.6 is 0 Å². The molecule has 0 atom stereocenters. The van der Waals surface area contributed by atoms with Crippen LogP contribution in [0.15, 0.2) is 0 Å². The topological polar surface area (TPSA) is 32.3 Å². The highest BCUT2D eigenvalue weighted by Crippen LogP contribution is 2.53. The molecule has 0 aromatic heterocycles. The van der Waals surface area contributed by atoms with E-state index in [1.165, 1.54) is 0 Å². The van der Waals surface area contributed by atoms with Crippen molar-refractivity contribution in [3.05, 3.63) is 0 Å². The Labute approximate surface area is 59.4 Å². The summed E-state index contributed by atoms with van der Waals surface area (Å²) in [4.78, 5) is 0. The van der Waals surface area contributed by atoms with Crippen LogP contribution in [0.4, 0.5) is 4.39 Å². The van der Waals surface area contributed by atoms with Gasteiger partial charge in [-0.15, -0.1) is 0 Å². The lowest BCUT2D eigenvalue weighted by Crippen LogP contribution is -2.51. The van der Waals surface area contributed by atoms with Gasteiger partial charge in [0, 0.05) is 17.5 Å². The second-order valence-electron chi connectivity index (χ2n) is 3.78. The fourth-order valence-electron chi connectivity index (χ4n) is 2.32. The molecule has 3 aliphatic rings. The Morgan fingerprint density at radius 3 is 2.50 bits per heavy atom. The first-order valence-corrected chi connectivity index (χ1v) is 3.66. The number of fused-ring (bicyclic) bond motifs is 1. The SMILES string of the molecule is OCC12CC(CF)(CN1)C2. The summed E-state index contributed by atoms with van der Waals surface area (Å²) in [6.45, 7) is 0.681. The van der Waals surface area contributed by atoms with Crippen molar-refractivity contribution in [1.29, 1.82) is 0 Å². The van der Waals surface area contributed by atoms with Crippen molar-refractivity contribution >= 4 is 0 Å². The number of alkyl halides is 1. The number of hydrogen-bond acceptors (Lipinski definition) is 2. The number of nitrogens with one attached hydrogen (secondary N) is 1. The van der Waals surface area contributed by atoms with Crippen molar-refractivity contribution in [2.24, 2.45) is 5.41 Å². The molecule has 0 radical (unpaired) electrons. The van der Waals surface area contributed by atoms with E-state index in [1.807, 2.05) is 0 Å². The smallest absolute Gasteiger partial charge is 0.0964 e. The quantitative estimate of drug-likeness (QED) is 0.576. The minimum atomic E-state index is -0.234. The normalized spacial score (nSPS) is 51.0. The van der Waals surface area contributed by atoms with Crippen LogP contribution in [0.1, 0.15) is 12.8 Å². The summed E-state index contributed by atoms with van der Waals surface area (Å²) in [5.41, 5.74) is -0.186. The van der Waals surface area contributed by atoms with Crippen LogP contribution in [-0.4, -0.2) is 30.5 Å². The van der Waals surface area contributed by atoms with E-state index in [0.29, 0.717) is 0 Å². The first kappa shape index (κ1) is 6.55. The second-order valence-corrected chi connectivity index (χ2v) is 3.78. The Morgan fingerprint density at radius 1 is 1.50 bits per heavy atom. The molecule has 2 saturated heterocycles. The highest BCUT2D eigenvalue weighted by molar-refractivity contribution is 5.16. The molecule has 2 N–H and O–H groups in total. The van der Waals surface area contributed by atoms with Crippen LogP contribution < -0.4 is 5.32 Å². The summed E-state index contributed by atoms with van der Waals surface area (Å²) in [5, 5.41) is 12.0. The Hall–Kier alpha value is -0.150. The molecule has 3 fully saturated rings. The molecule has 2 nitrogen and oxygen atoms in total. The molecule has 1 aliphatic carbocycles. The van der Waals surface area contributed by atoms with E-state index in [-0.39, 0.29) is 24.2 Å². The van der Waals surface area contributed by atoms with E-state index in [2.05, 4.69) is 5.32 Å². The van der Waals surface area contributed by atoms with Gasteiger partial charge < -0.3 is 10.4 Å². The summed E-state index contributed by atoms with van der Waals surface area (Å²) < 4.78 is 12.3. The Balaban J connectivity index is 2.06. The number of hydrogen-bond donors (Lipinski definition) is 2. The van der Waals surface area contributed by atoms with Crippen molar-refractivity contribution in [2.45, 2.75) is 18.4 Å². The van der Waals surface area contributed by atoms with Gasteiger partial charge in [0.25, 0.3) is 0 Å². The molecule has 3 heteroatoms. The lowest BCUT2D eigenvalue weighted by atomic mass is 9.63. The van der Waals surface area contributed by atoms with E-state index in [9.17, 15) is 4.39 Å². The van der Waals surface area contributed by atoms with Gasteiger partial charge in [-0.1, -0.05) is 0 Å². The molecule has 0 aromatic carbocycles. The Bertz CT molecular complexity index is 138. The summed E-state index contributed by atoms with van der Waals surface area (Å²) in [6.07, 6.45) is 1.65. The van der Waals surface area contributed by atoms with Crippen LogP contribution in [0.2, 0.25) is 0 Å². The molecular formula is C7H12FNO. The van der Waals surface area contributed by atoms with Crippen molar-refractivity contribution < 1.29 is 9.50 Å². The highest BCUT2D eigenvalue weighted by atomic mass is 19.1. The maximum absolute atomic E-state index is 12.3. The van der Waals surface area contributed by atoms with Crippen LogP contribution in [0.5, 0.6) is 0 Å². The summed E-state index contributed by atoms with van der Waals surface area (Å²) in [5.74, 6) is 0. The monoisotopic (exact) mass is 145 g/mol. The Kier molecular flexibility index (Phi) is 1.12. The van der Waals surface area contributed by atoms with Crippen molar-refractivity contribution in [1.82, 2.24) is 5.32 Å². The van der Waals surface area contributed by atoms with E-state index >= 15 is 0 Å². The molecule has 0 spiro atoms. The van der Waals surface area contributed by atoms with E-state index in [4.69, 9.17) is 5.11 Å². The van der Waals surface area contributed by atoms with Crippen molar-refractivity contribution in [3.8, 4) is 0 Å². The lowest BCUT2D eigenvalue weighted by Gasteiger charge is -2.43. The molecule has 0 unspecified atom stereocenters. The number of aliphatic hydroxyl groups is 1. The Morgan fingerprint density at radius 2 is 2.20 bits per heavy atom. The molecule has 2 aliphatic heterocycles. The predicted molar refractivity (Wildman–Crippen MR) is 35.5 cm³/mol.